The molecule has 10 heteroatoms. The van der Waals surface area contributed by atoms with Crippen LogP contribution in [0.4, 0.5) is 4.39 Å². The summed E-state index contributed by atoms with van der Waals surface area (Å²) in [6, 6.07) is 15.8. The lowest BCUT2D eigenvalue weighted by atomic mass is 10.00. The van der Waals surface area contributed by atoms with Crippen molar-refractivity contribution < 1.29 is 27.1 Å². The third-order valence-electron chi connectivity index (χ3n) is 8.03. The van der Waals surface area contributed by atoms with Crippen LogP contribution in [0.1, 0.15) is 52.1 Å². The second kappa shape index (κ2) is 12.6. The number of ether oxygens (including phenoxy) is 1. The van der Waals surface area contributed by atoms with Gasteiger partial charge in [0.2, 0.25) is 0 Å². The van der Waals surface area contributed by atoms with Gasteiger partial charge in [-0.2, -0.15) is 0 Å². The molecule has 2 amide bonds. The molecule has 2 aliphatic heterocycles. The van der Waals surface area contributed by atoms with Crippen LogP contribution in [-0.2, 0) is 22.8 Å². The molecule has 0 spiro atoms. The molecule has 0 aliphatic carbocycles. The number of rotatable bonds is 8. The summed E-state index contributed by atoms with van der Waals surface area (Å²) < 4.78 is 45.9. The summed E-state index contributed by atoms with van der Waals surface area (Å²) in [5, 5.41) is 6.32. The van der Waals surface area contributed by atoms with E-state index in [0.717, 1.165) is 36.2 Å². The quantitative estimate of drug-likeness (QED) is 0.405. The van der Waals surface area contributed by atoms with E-state index in [0.29, 0.717) is 30.3 Å². The summed E-state index contributed by atoms with van der Waals surface area (Å²) in [7, 11) is -3.76. The molecule has 3 aromatic carbocycles. The molecule has 1 atom stereocenters. The zero-order chi connectivity index (χ0) is 29.9. The largest absolute Gasteiger partial charge is 0.491 e. The van der Waals surface area contributed by atoms with Gasteiger partial charge in [-0.3, -0.25) is 9.59 Å². The predicted octanol–water partition coefficient (Wildman–Crippen LogP) is 4.22. The molecule has 0 saturated carbocycles. The molecule has 2 heterocycles. The van der Waals surface area contributed by atoms with Crippen LogP contribution in [0.25, 0.3) is 11.1 Å². The molecule has 0 radical (unpaired) electrons. The summed E-state index contributed by atoms with van der Waals surface area (Å²) in [6.45, 7) is 6.55. The molecule has 0 aromatic heterocycles. The first-order chi connectivity index (χ1) is 20.2. The van der Waals surface area contributed by atoms with E-state index in [1.165, 1.54) is 19.1 Å². The van der Waals surface area contributed by atoms with Gasteiger partial charge in [0.1, 0.15) is 23.1 Å². The van der Waals surface area contributed by atoms with Gasteiger partial charge >= 0.3 is 0 Å². The number of amides is 2. The Morgan fingerprint density at radius 2 is 1.83 bits per heavy atom. The molecular formula is C32H36FN3O5S. The van der Waals surface area contributed by atoms with Crippen molar-refractivity contribution in [3.8, 4) is 16.9 Å². The number of halogens is 1. The number of nitrogens with zero attached hydrogens (tertiary/aromatic N) is 1. The molecule has 222 valence electrons. The van der Waals surface area contributed by atoms with Crippen molar-refractivity contribution in [1.29, 1.82) is 0 Å². The summed E-state index contributed by atoms with van der Waals surface area (Å²) in [6.07, 6.45) is 1.24. The zero-order valence-corrected chi connectivity index (χ0v) is 24.7. The number of sulfone groups is 1. The number of benzene rings is 3. The first-order valence-electron chi connectivity index (χ1n) is 14.4. The Balaban J connectivity index is 1.34. The van der Waals surface area contributed by atoms with E-state index >= 15 is 4.39 Å². The van der Waals surface area contributed by atoms with Gasteiger partial charge in [-0.05, 0) is 79.4 Å². The van der Waals surface area contributed by atoms with Crippen LogP contribution in [-0.4, -0.2) is 63.7 Å². The highest BCUT2D eigenvalue weighted by molar-refractivity contribution is 7.91. The van der Waals surface area contributed by atoms with Crippen molar-refractivity contribution in [3.05, 3.63) is 82.7 Å². The Morgan fingerprint density at radius 1 is 1.07 bits per heavy atom. The lowest BCUT2D eigenvalue weighted by molar-refractivity contribution is 0.0731. The lowest BCUT2D eigenvalue weighted by Crippen LogP contribution is -2.33. The fraction of sp³-hybridized carbons (Fsp3) is 0.375. The van der Waals surface area contributed by atoms with Gasteiger partial charge in [-0.25, -0.2) is 12.8 Å². The molecule has 5 rings (SSSR count). The van der Waals surface area contributed by atoms with Crippen LogP contribution in [0.15, 0.2) is 59.5 Å². The summed E-state index contributed by atoms with van der Waals surface area (Å²) in [5.74, 6) is -0.426. The van der Waals surface area contributed by atoms with E-state index in [-0.39, 0.29) is 53.2 Å². The number of hydrogen-bond donors (Lipinski definition) is 2. The Morgan fingerprint density at radius 3 is 2.52 bits per heavy atom. The van der Waals surface area contributed by atoms with Crippen LogP contribution >= 0.6 is 0 Å². The SMILES string of the molecule is CCc1c(C(=O)N2CCOc3ccc(-c4ccc(C(=O)NCC5CCNC5)cc4)cc3C2)ccc(S(=O)(=O)CC)c1F. The minimum Gasteiger partial charge on any atom is -0.491 e. The number of nitrogens with one attached hydrogen (secondary N) is 2. The Bertz CT molecular complexity index is 1580. The van der Waals surface area contributed by atoms with Gasteiger partial charge < -0.3 is 20.3 Å². The molecule has 8 nitrogen and oxygen atoms in total. The topological polar surface area (TPSA) is 105 Å². The van der Waals surface area contributed by atoms with Gasteiger partial charge in [0.15, 0.2) is 9.84 Å². The van der Waals surface area contributed by atoms with Crippen molar-refractivity contribution in [2.75, 3.05) is 38.5 Å². The number of carbonyl (C=O) groups excluding carboxylic acids is 2. The normalized spacial score (nSPS) is 16.8. The zero-order valence-electron chi connectivity index (χ0n) is 23.9. The number of hydrogen-bond acceptors (Lipinski definition) is 6. The van der Waals surface area contributed by atoms with E-state index in [2.05, 4.69) is 10.6 Å². The predicted molar refractivity (Wildman–Crippen MR) is 159 cm³/mol. The van der Waals surface area contributed by atoms with Gasteiger partial charge in [-0.1, -0.05) is 32.0 Å². The maximum absolute atomic E-state index is 15.3. The van der Waals surface area contributed by atoms with Gasteiger partial charge in [0.25, 0.3) is 11.8 Å². The average Bonchev–Trinajstić information content (AvgIpc) is 3.44. The first kappa shape index (κ1) is 29.7. The lowest BCUT2D eigenvalue weighted by Gasteiger charge is -2.22. The average molecular weight is 594 g/mol. The third kappa shape index (κ3) is 6.19. The molecule has 2 aliphatic rings. The van der Waals surface area contributed by atoms with Gasteiger partial charge in [0, 0.05) is 35.3 Å². The summed E-state index contributed by atoms with van der Waals surface area (Å²) >= 11 is 0. The Labute approximate surface area is 246 Å². The van der Waals surface area contributed by atoms with Crippen molar-refractivity contribution in [1.82, 2.24) is 15.5 Å². The molecular weight excluding hydrogens is 557 g/mol. The molecule has 0 bridgehead atoms. The summed E-state index contributed by atoms with van der Waals surface area (Å²) in [4.78, 5) is 27.5. The van der Waals surface area contributed by atoms with Gasteiger partial charge in [-0.15, -0.1) is 0 Å². The van der Waals surface area contributed by atoms with Crippen molar-refractivity contribution in [2.45, 2.75) is 38.1 Å². The van der Waals surface area contributed by atoms with E-state index in [1.54, 1.807) is 24.0 Å². The van der Waals surface area contributed by atoms with E-state index in [9.17, 15) is 18.0 Å². The van der Waals surface area contributed by atoms with Crippen molar-refractivity contribution >= 4 is 21.7 Å². The van der Waals surface area contributed by atoms with E-state index < -0.39 is 15.7 Å². The summed E-state index contributed by atoms with van der Waals surface area (Å²) in [5.41, 5.74) is 3.47. The maximum atomic E-state index is 15.3. The van der Waals surface area contributed by atoms with E-state index in [1.807, 2.05) is 30.3 Å². The van der Waals surface area contributed by atoms with Crippen molar-refractivity contribution in [2.24, 2.45) is 5.92 Å². The molecule has 3 aromatic rings. The van der Waals surface area contributed by atoms with Gasteiger partial charge in [0.05, 0.1) is 12.3 Å². The van der Waals surface area contributed by atoms with E-state index in [4.69, 9.17) is 4.74 Å². The van der Waals surface area contributed by atoms with Crippen LogP contribution < -0.4 is 15.4 Å². The second-order valence-electron chi connectivity index (χ2n) is 10.7. The highest BCUT2D eigenvalue weighted by Crippen LogP contribution is 2.31. The Hall–Kier alpha value is -3.76. The fourth-order valence-electron chi connectivity index (χ4n) is 5.50. The van der Waals surface area contributed by atoms with Crippen LogP contribution in [0.2, 0.25) is 0 Å². The fourth-order valence-corrected chi connectivity index (χ4v) is 6.48. The van der Waals surface area contributed by atoms with Crippen molar-refractivity contribution in [3.63, 3.8) is 0 Å². The monoisotopic (exact) mass is 593 g/mol. The Kier molecular flexibility index (Phi) is 8.93. The minimum atomic E-state index is -3.76. The standard InChI is InChI=1S/C32H36FN3O5S/c1-3-26-27(10-12-29(30(26)33)42(39,40)4-2)32(38)36-15-16-41-28-11-9-24(17-25(28)20-36)22-5-7-23(8-6-22)31(37)35-19-21-13-14-34-18-21/h5-12,17,21,34H,3-4,13-16,18-20H2,1-2H3,(H,35,37). The smallest absolute Gasteiger partial charge is 0.254 e. The number of fused-ring (bicyclic) bond motifs is 1. The molecule has 2 N–H and O–H groups in total. The van der Waals surface area contributed by atoms with Crippen LogP contribution in [0.5, 0.6) is 5.75 Å². The second-order valence-corrected chi connectivity index (χ2v) is 13.0. The minimum absolute atomic E-state index is 0.0951. The van der Waals surface area contributed by atoms with Crippen LogP contribution in [0, 0.1) is 11.7 Å². The highest BCUT2D eigenvalue weighted by Gasteiger charge is 2.28. The third-order valence-corrected chi connectivity index (χ3v) is 9.77. The molecule has 1 fully saturated rings. The highest BCUT2D eigenvalue weighted by atomic mass is 32.2. The number of carbonyl (C=O) groups is 2. The molecule has 1 unspecified atom stereocenters. The van der Waals surface area contributed by atoms with Crippen LogP contribution in [0.3, 0.4) is 0 Å². The first-order valence-corrected chi connectivity index (χ1v) is 16.1. The maximum Gasteiger partial charge on any atom is 0.254 e. The molecule has 42 heavy (non-hydrogen) atoms. The molecule has 1 saturated heterocycles.